The second-order valence-corrected chi connectivity index (χ2v) is 9.81. The normalized spacial score (nSPS) is 26.1. The van der Waals surface area contributed by atoms with Gasteiger partial charge in [0.05, 0.1) is 5.75 Å². The zero-order valence-electron chi connectivity index (χ0n) is 16.1. The molecule has 3 atom stereocenters. The van der Waals surface area contributed by atoms with Crippen molar-refractivity contribution in [3.8, 4) is 0 Å². The summed E-state index contributed by atoms with van der Waals surface area (Å²) in [4.78, 5) is 14.4. The van der Waals surface area contributed by atoms with Crippen molar-refractivity contribution >= 4 is 16.1 Å². The Morgan fingerprint density at radius 1 is 1.15 bits per heavy atom. The maximum Gasteiger partial charge on any atom is 0.317 e. The standard InChI is InChI=1S/C20H31N3O3S/c1-21-27(25,26)15-16-7-6-12-23(14-16)20(24)22-13-18-10-5-11-19(18)17-8-3-2-4-9-17/h2-4,8-9,16,18-19,21H,5-7,10-15H2,1H3,(H,22,24). The highest BCUT2D eigenvalue weighted by atomic mass is 32.2. The van der Waals surface area contributed by atoms with Gasteiger partial charge >= 0.3 is 6.03 Å². The quantitative estimate of drug-likeness (QED) is 0.780. The van der Waals surface area contributed by atoms with Crippen molar-refractivity contribution in [3.63, 3.8) is 0 Å². The molecule has 150 valence electrons. The summed E-state index contributed by atoms with van der Waals surface area (Å²) in [6, 6.07) is 10.5. The van der Waals surface area contributed by atoms with Gasteiger partial charge in [-0.2, -0.15) is 0 Å². The average molecular weight is 394 g/mol. The maximum atomic E-state index is 12.6. The van der Waals surface area contributed by atoms with Gasteiger partial charge in [-0.05, 0) is 56.0 Å². The molecule has 3 unspecified atom stereocenters. The lowest BCUT2D eigenvalue weighted by Crippen LogP contribution is -2.48. The Balaban J connectivity index is 1.51. The summed E-state index contributed by atoms with van der Waals surface area (Å²) in [5.41, 5.74) is 1.37. The third-order valence-corrected chi connectivity index (χ3v) is 7.51. The van der Waals surface area contributed by atoms with Gasteiger partial charge in [-0.3, -0.25) is 0 Å². The topological polar surface area (TPSA) is 78.5 Å². The van der Waals surface area contributed by atoms with Crippen molar-refractivity contribution in [3.05, 3.63) is 35.9 Å². The molecule has 0 spiro atoms. The van der Waals surface area contributed by atoms with Gasteiger partial charge in [0.1, 0.15) is 0 Å². The van der Waals surface area contributed by atoms with Gasteiger partial charge in [-0.15, -0.1) is 0 Å². The number of likely N-dealkylation sites (tertiary alicyclic amines) is 1. The molecule has 6 nitrogen and oxygen atoms in total. The summed E-state index contributed by atoms with van der Waals surface area (Å²) in [7, 11) is -1.80. The summed E-state index contributed by atoms with van der Waals surface area (Å²) in [5.74, 6) is 1.08. The van der Waals surface area contributed by atoms with Crippen LogP contribution in [0, 0.1) is 11.8 Å². The van der Waals surface area contributed by atoms with E-state index in [2.05, 4.69) is 34.3 Å². The first-order valence-corrected chi connectivity index (χ1v) is 11.6. The Kier molecular flexibility index (Phi) is 6.76. The number of hydrogen-bond acceptors (Lipinski definition) is 3. The Morgan fingerprint density at radius 3 is 2.67 bits per heavy atom. The fraction of sp³-hybridized carbons (Fsp3) is 0.650. The lowest BCUT2D eigenvalue weighted by molar-refractivity contribution is 0.168. The summed E-state index contributed by atoms with van der Waals surface area (Å²) < 4.78 is 25.9. The second-order valence-electron chi connectivity index (χ2n) is 7.83. The van der Waals surface area contributed by atoms with Gasteiger partial charge < -0.3 is 10.2 Å². The molecule has 3 rings (SSSR count). The fourth-order valence-corrected chi connectivity index (χ4v) is 5.59. The number of sulfonamides is 1. The number of amides is 2. The van der Waals surface area contributed by atoms with Gasteiger partial charge in [0, 0.05) is 19.6 Å². The summed E-state index contributed by atoms with van der Waals surface area (Å²) in [6.45, 7) is 1.91. The van der Waals surface area contributed by atoms with Crippen molar-refractivity contribution in [2.45, 2.75) is 38.0 Å². The van der Waals surface area contributed by atoms with Gasteiger partial charge in [0.2, 0.25) is 10.0 Å². The Hall–Kier alpha value is -1.60. The number of carbonyl (C=O) groups is 1. The minimum atomic E-state index is -3.24. The molecular formula is C20H31N3O3S. The Bertz CT molecular complexity index is 723. The van der Waals surface area contributed by atoms with Crippen LogP contribution in [0.4, 0.5) is 4.79 Å². The van der Waals surface area contributed by atoms with E-state index in [4.69, 9.17) is 0 Å². The van der Waals surface area contributed by atoms with Crippen LogP contribution >= 0.6 is 0 Å². The molecule has 7 heteroatoms. The van der Waals surface area contributed by atoms with Crippen LogP contribution in [-0.2, 0) is 10.0 Å². The van der Waals surface area contributed by atoms with E-state index in [-0.39, 0.29) is 17.7 Å². The number of nitrogens with one attached hydrogen (secondary N) is 2. The number of urea groups is 1. The van der Waals surface area contributed by atoms with Crippen molar-refractivity contribution in [1.29, 1.82) is 0 Å². The van der Waals surface area contributed by atoms with Crippen LogP contribution in [0.2, 0.25) is 0 Å². The molecule has 1 saturated carbocycles. The number of nitrogens with zero attached hydrogens (tertiary/aromatic N) is 1. The molecule has 2 amide bonds. The molecule has 2 N–H and O–H groups in total. The number of rotatable bonds is 6. The van der Waals surface area contributed by atoms with Crippen molar-refractivity contribution < 1.29 is 13.2 Å². The van der Waals surface area contributed by atoms with Crippen molar-refractivity contribution in [1.82, 2.24) is 14.9 Å². The summed E-state index contributed by atoms with van der Waals surface area (Å²) >= 11 is 0. The van der Waals surface area contributed by atoms with Crippen LogP contribution in [0.5, 0.6) is 0 Å². The molecule has 0 aromatic heterocycles. The predicted molar refractivity (Wildman–Crippen MR) is 107 cm³/mol. The van der Waals surface area contributed by atoms with Crippen LogP contribution in [-0.4, -0.2) is 51.8 Å². The minimum Gasteiger partial charge on any atom is -0.338 e. The third-order valence-electron chi connectivity index (χ3n) is 5.97. The summed E-state index contributed by atoms with van der Waals surface area (Å²) in [5, 5.41) is 3.11. The fourth-order valence-electron chi connectivity index (χ4n) is 4.53. The molecule has 1 aliphatic heterocycles. The molecule has 0 radical (unpaired) electrons. The Morgan fingerprint density at radius 2 is 1.93 bits per heavy atom. The lowest BCUT2D eigenvalue weighted by atomic mass is 9.89. The van der Waals surface area contributed by atoms with E-state index in [1.807, 2.05) is 6.07 Å². The number of carbonyl (C=O) groups excluding carboxylic acids is 1. The van der Waals surface area contributed by atoms with Crippen molar-refractivity contribution in [2.24, 2.45) is 11.8 Å². The molecule has 1 aromatic carbocycles. The molecule has 1 saturated heterocycles. The first kappa shape index (κ1) is 20.1. The summed E-state index contributed by atoms with van der Waals surface area (Å²) in [6.07, 6.45) is 5.23. The van der Waals surface area contributed by atoms with E-state index >= 15 is 0 Å². The predicted octanol–water partition coefficient (Wildman–Crippen LogP) is 2.54. The Labute approximate surface area is 162 Å². The highest BCUT2D eigenvalue weighted by Crippen LogP contribution is 2.39. The maximum absolute atomic E-state index is 12.6. The highest BCUT2D eigenvalue weighted by molar-refractivity contribution is 7.89. The van der Waals surface area contributed by atoms with E-state index in [9.17, 15) is 13.2 Å². The highest BCUT2D eigenvalue weighted by Gasteiger charge is 2.30. The lowest BCUT2D eigenvalue weighted by Gasteiger charge is -2.33. The van der Waals surface area contributed by atoms with E-state index in [0.29, 0.717) is 31.5 Å². The number of benzene rings is 1. The van der Waals surface area contributed by atoms with E-state index in [1.54, 1.807) is 4.90 Å². The second kappa shape index (κ2) is 9.06. The SMILES string of the molecule is CNS(=O)(=O)CC1CCCN(C(=O)NCC2CCCC2c2ccccc2)C1. The van der Waals surface area contributed by atoms with Crippen LogP contribution in [0.15, 0.2) is 30.3 Å². The monoisotopic (exact) mass is 393 g/mol. The van der Waals surface area contributed by atoms with Crippen molar-refractivity contribution in [2.75, 3.05) is 32.4 Å². The molecule has 2 fully saturated rings. The largest absolute Gasteiger partial charge is 0.338 e. The molecule has 2 aliphatic rings. The van der Waals surface area contributed by atoms with Crippen LogP contribution in [0.3, 0.4) is 0 Å². The van der Waals surface area contributed by atoms with Gasteiger partial charge in [0.15, 0.2) is 0 Å². The number of hydrogen-bond donors (Lipinski definition) is 2. The van der Waals surface area contributed by atoms with E-state index in [1.165, 1.54) is 25.5 Å². The van der Waals surface area contributed by atoms with Gasteiger partial charge in [0.25, 0.3) is 0 Å². The van der Waals surface area contributed by atoms with Gasteiger partial charge in [-0.1, -0.05) is 36.8 Å². The molecule has 1 heterocycles. The number of piperidine rings is 1. The third kappa shape index (κ3) is 5.45. The molecule has 27 heavy (non-hydrogen) atoms. The average Bonchev–Trinajstić information content (AvgIpc) is 3.15. The zero-order chi connectivity index (χ0) is 19.3. The van der Waals surface area contributed by atoms with Crippen LogP contribution in [0.25, 0.3) is 0 Å². The minimum absolute atomic E-state index is 0.00509. The van der Waals surface area contributed by atoms with Crippen LogP contribution in [0.1, 0.15) is 43.6 Å². The molecule has 1 aromatic rings. The first-order valence-electron chi connectivity index (χ1n) is 9.97. The molecule has 1 aliphatic carbocycles. The van der Waals surface area contributed by atoms with E-state index in [0.717, 1.165) is 19.3 Å². The first-order chi connectivity index (χ1) is 13.0. The molecule has 0 bridgehead atoms. The smallest absolute Gasteiger partial charge is 0.317 e. The van der Waals surface area contributed by atoms with E-state index < -0.39 is 10.0 Å². The van der Waals surface area contributed by atoms with Crippen LogP contribution < -0.4 is 10.0 Å². The van der Waals surface area contributed by atoms with Gasteiger partial charge in [-0.25, -0.2) is 17.9 Å². The zero-order valence-corrected chi connectivity index (χ0v) is 16.9. The molecular weight excluding hydrogens is 362 g/mol.